The first-order chi connectivity index (χ1) is 43.7. The van der Waals surface area contributed by atoms with Crippen LogP contribution in [0.15, 0.2) is 0 Å². The molecule has 0 aromatic carbocycles. The molecule has 0 aliphatic carbocycles. The predicted octanol–water partition coefficient (Wildman–Crippen LogP) is 20.6. The number of carbonyl (C=O) groups excluding carboxylic acids is 4. The van der Waals surface area contributed by atoms with Crippen molar-refractivity contribution in [3.8, 4) is 0 Å². The van der Waals surface area contributed by atoms with Gasteiger partial charge in [-0.3, -0.25) is 37.3 Å². The van der Waals surface area contributed by atoms with Crippen LogP contribution in [0, 0.1) is 17.8 Å². The van der Waals surface area contributed by atoms with Gasteiger partial charge in [-0.1, -0.05) is 312 Å². The van der Waals surface area contributed by atoms with Gasteiger partial charge in [-0.15, -0.1) is 0 Å². The zero-order chi connectivity index (χ0) is 67.3. The Morgan fingerprint density at radius 2 is 0.505 bits per heavy atom. The van der Waals surface area contributed by atoms with E-state index in [-0.39, 0.29) is 25.7 Å². The fraction of sp³-hybridized carbons (Fsp3) is 0.944. The van der Waals surface area contributed by atoms with Crippen LogP contribution in [0.1, 0.15) is 363 Å². The summed E-state index contributed by atoms with van der Waals surface area (Å²) in [6.07, 6.45) is 47.3. The normalized spacial score (nSPS) is 14.2. The van der Waals surface area contributed by atoms with Crippen molar-refractivity contribution in [1.29, 1.82) is 0 Å². The Kier molecular flexibility index (Phi) is 61.5. The van der Waals surface area contributed by atoms with Crippen molar-refractivity contribution < 1.29 is 80.2 Å². The van der Waals surface area contributed by atoms with E-state index in [1.165, 1.54) is 167 Å². The van der Waals surface area contributed by atoms with Gasteiger partial charge in [0.1, 0.15) is 19.3 Å². The number of hydrogen-bond donors (Lipinski definition) is 3. The second kappa shape index (κ2) is 62.8. The molecule has 0 heterocycles. The monoisotopic (exact) mass is 1340 g/mol. The molecule has 0 aromatic rings. The number of rotatable bonds is 70. The zero-order valence-electron chi connectivity index (χ0n) is 59.3. The highest BCUT2D eigenvalue weighted by Gasteiger charge is 2.30. The third-order valence-electron chi connectivity index (χ3n) is 16.6. The van der Waals surface area contributed by atoms with E-state index in [0.717, 1.165) is 108 Å². The maximum atomic E-state index is 13.0. The van der Waals surface area contributed by atoms with Gasteiger partial charge in [0.25, 0.3) is 0 Å². The third kappa shape index (κ3) is 66.5. The summed E-state index contributed by atoms with van der Waals surface area (Å²) < 4.78 is 68.3. The van der Waals surface area contributed by atoms with Crippen molar-refractivity contribution >= 4 is 39.5 Å². The lowest BCUT2D eigenvalue weighted by Gasteiger charge is -2.21. The van der Waals surface area contributed by atoms with Gasteiger partial charge < -0.3 is 33.8 Å². The molecular formula is C72H140O17P2. The number of aliphatic hydroxyl groups excluding tert-OH is 1. The summed E-state index contributed by atoms with van der Waals surface area (Å²) in [6, 6.07) is 0. The molecule has 0 saturated heterocycles. The van der Waals surface area contributed by atoms with Gasteiger partial charge in [0.15, 0.2) is 12.2 Å². The fourth-order valence-corrected chi connectivity index (χ4v) is 12.5. The Morgan fingerprint density at radius 1 is 0.297 bits per heavy atom. The molecule has 540 valence electrons. The third-order valence-corrected chi connectivity index (χ3v) is 18.5. The van der Waals surface area contributed by atoms with E-state index in [4.69, 9.17) is 37.0 Å². The Balaban J connectivity index is 5.22. The fourth-order valence-electron chi connectivity index (χ4n) is 10.9. The maximum absolute atomic E-state index is 13.0. The number of ether oxygens (including phenoxy) is 4. The molecule has 0 rings (SSSR count). The molecule has 0 radical (unpaired) electrons. The average Bonchev–Trinajstić information content (AvgIpc) is 3.19. The van der Waals surface area contributed by atoms with Gasteiger partial charge in [-0.2, -0.15) is 0 Å². The van der Waals surface area contributed by atoms with Crippen molar-refractivity contribution in [3.63, 3.8) is 0 Å². The summed E-state index contributed by atoms with van der Waals surface area (Å²) in [5, 5.41) is 10.6. The molecule has 0 bridgehead atoms. The quantitative estimate of drug-likeness (QED) is 0.0222. The molecule has 0 aromatic heterocycles. The number of phosphoric acid groups is 2. The predicted molar refractivity (Wildman–Crippen MR) is 368 cm³/mol. The van der Waals surface area contributed by atoms with Crippen LogP contribution < -0.4 is 0 Å². The van der Waals surface area contributed by atoms with E-state index in [2.05, 4.69) is 48.5 Å². The van der Waals surface area contributed by atoms with Gasteiger partial charge in [-0.25, -0.2) is 9.13 Å². The minimum atomic E-state index is -4.95. The van der Waals surface area contributed by atoms with Crippen molar-refractivity contribution in [2.45, 2.75) is 381 Å². The second-order valence-corrected chi connectivity index (χ2v) is 30.3. The standard InChI is InChI=1S/C72H140O17P2/c1-8-9-10-11-12-13-14-21-26-32-41-48-55-71(76)89-68(60-83-70(75)54-47-40-35-34-38-45-52-65(6)7)62-87-91(80,81)85-58-66(73)57-84-90(78,79)86-61-67(59-82-69(74)53-46-39-31-28-23-25-30-37-44-51-64(4)5)88-72(77)56-49-42-33-27-22-19-17-15-16-18-20-24-29-36-43-50-63(2)3/h63-68,73H,8-62H2,1-7H3,(H,78,79)(H,80,81)/t66-,67-,68-/m1/s1. The number of phosphoric ester groups is 2. The van der Waals surface area contributed by atoms with Crippen LogP contribution >= 0.6 is 15.6 Å². The van der Waals surface area contributed by atoms with Gasteiger partial charge in [-0.05, 0) is 43.4 Å². The first-order valence-corrected chi connectivity index (χ1v) is 40.3. The van der Waals surface area contributed by atoms with Crippen LogP contribution in [-0.2, 0) is 65.4 Å². The van der Waals surface area contributed by atoms with Crippen LogP contribution in [0.25, 0.3) is 0 Å². The summed E-state index contributed by atoms with van der Waals surface area (Å²) >= 11 is 0. The van der Waals surface area contributed by atoms with E-state index < -0.39 is 97.5 Å². The van der Waals surface area contributed by atoms with Gasteiger partial charge in [0.05, 0.1) is 26.4 Å². The molecule has 19 heteroatoms. The van der Waals surface area contributed by atoms with E-state index in [0.29, 0.717) is 31.6 Å². The molecule has 0 fully saturated rings. The summed E-state index contributed by atoms with van der Waals surface area (Å²) in [6.45, 7) is 11.8. The van der Waals surface area contributed by atoms with Crippen LogP contribution in [0.3, 0.4) is 0 Å². The van der Waals surface area contributed by atoms with E-state index in [1.807, 2.05) is 0 Å². The lowest BCUT2D eigenvalue weighted by Crippen LogP contribution is -2.30. The van der Waals surface area contributed by atoms with E-state index in [1.54, 1.807) is 0 Å². The van der Waals surface area contributed by atoms with Gasteiger partial charge in [0.2, 0.25) is 0 Å². The summed E-state index contributed by atoms with van der Waals surface area (Å²) in [5.74, 6) is 0.101. The SMILES string of the molecule is CCCCCCCCCCCCCCC(=O)O[C@H](COC(=O)CCCCCCCCC(C)C)COP(=O)(O)OC[C@H](O)COP(=O)(O)OC[C@@H](COC(=O)CCCCCCCCCCCC(C)C)OC(=O)CCCCCCCCCCCCCCCCCC(C)C. The Labute approximate surface area is 556 Å². The maximum Gasteiger partial charge on any atom is 0.472 e. The molecule has 2 unspecified atom stereocenters. The molecule has 17 nitrogen and oxygen atoms in total. The lowest BCUT2D eigenvalue weighted by molar-refractivity contribution is -0.161. The second-order valence-electron chi connectivity index (χ2n) is 27.4. The van der Waals surface area contributed by atoms with Crippen molar-refractivity contribution in [2.75, 3.05) is 39.6 Å². The number of hydrogen-bond acceptors (Lipinski definition) is 15. The Hall–Kier alpha value is -1.94. The minimum absolute atomic E-state index is 0.106. The molecule has 0 saturated carbocycles. The van der Waals surface area contributed by atoms with Crippen molar-refractivity contribution in [2.24, 2.45) is 17.8 Å². The smallest absolute Gasteiger partial charge is 0.462 e. The summed E-state index contributed by atoms with van der Waals surface area (Å²) in [4.78, 5) is 72.6. The summed E-state index contributed by atoms with van der Waals surface area (Å²) in [5.41, 5.74) is 0. The molecule has 5 atom stereocenters. The van der Waals surface area contributed by atoms with Gasteiger partial charge >= 0.3 is 39.5 Å². The van der Waals surface area contributed by atoms with Crippen molar-refractivity contribution in [1.82, 2.24) is 0 Å². The number of esters is 4. The molecule has 0 aliphatic heterocycles. The number of unbranched alkanes of at least 4 members (excludes halogenated alkanes) is 38. The highest BCUT2D eigenvalue weighted by atomic mass is 31.2. The summed E-state index contributed by atoms with van der Waals surface area (Å²) in [7, 11) is -9.90. The lowest BCUT2D eigenvalue weighted by atomic mass is 10.0. The molecule has 0 amide bonds. The minimum Gasteiger partial charge on any atom is -0.462 e. The Morgan fingerprint density at radius 3 is 0.747 bits per heavy atom. The van der Waals surface area contributed by atoms with E-state index in [9.17, 15) is 43.2 Å². The highest BCUT2D eigenvalue weighted by Crippen LogP contribution is 2.45. The van der Waals surface area contributed by atoms with Crippen molar-refractivity contribution in [3.05, 3.63) is 0 Å². The average molecular weight is 1340 g/mol. The topological polar surface area (TPSA) is 237 Å². The molecule has 91 heavy (non-hydrogen) atoms. The highest BCUT2D eigenvalue weighted by molar-refractivity contribution is 7.47. The molecule has 0 spiro atoms. The molecule has 3 N–H and O–H groups in total. The first-order valence-electron chi connectivity index (χ1n) is 37.3. The molecule has 0 aliphatic rings. The zero-order valence-corrected chi connectivity index (χ0v) is 61.1. The van der Waals surface area contributed by atoms with E-state index >= 15 is 0 Å². The van der Waals surface area contributed by atoms with Crippen LogP contribution in [0.5, 0.6) is 0 Å². The number of aliphatic hydroxyl groups is 1. The van der Waals surface area contributed by atoms with Gasteiger partial charge in [0, 0.05) is 25.7 Å². The largest absolute Gasteiger partial charge is 0.472 e. The van der Waals surface area contributed by atoms with Crippen LogP contribution in [0.2, 0.25) is 0 Å². The molecular weight excluding hydrogens is 1200 g/mol. The Bertz CT molecular complexity index is 1780. The first kappa shape index (κ1) is 89.1. The van der Waals surface area contributed by atoms with Crippen LogP contribution in [-0.4, -0.2) is 96.7 Å². The number of carbonyl (C=O) groups is 4. The van der Waals surface area contributed by atoms with Crippen LogP contribution in [0.4, 0.5) is 0 Å².